The first kappa shape index (κ1) is 19.3. The lowest BCUT2D eigenvalue weighted by molar-refractivity contribution is 1.30. The maximum atomic E-state index is 4.22. The van der Waals surface area contributed by atoms with Crippen LogP contribution in [0.2, 0.25) is 0 Å². The van der Waals surface area contributed by atoms with Crippen LogP contribution in [0.15, 0.2) is 59.5 Å². The molecule has 0 fully saturated rings. The molecule has 3 aromatic carbocycles. The Morgan fingerprint density at radius 3 is 1.24 bits per heavy atom. The van der Waals surface area contributed by atoms with Gasteiger partial charge in [0.1, 0.15) is 0 Å². The minimum atomic E-state index is 1.05. The number of hydrogen-bond donors (Lipinski definition) is 1. The second kappa shape index (κ2) is 8.40. The molecule has 1 heteroatoms. The highest BCUT2D eigenvalue weighted by atomic mass is 32.1. The van der Waals surface area contributed by atoms with Gasteiger partial charge in [-0.2, -0.15) is 0 Å². The SMILES string of the molecule is Cc1cc(C)cc(S)c1.Cc1ccc(C)c(-c2cc(C)ccc2C)c1. The predicted molar refractivity (Wildman–Crippen MR) is 114 cm³/mol. The number of aryl methyl sites for hydroxylation is 6. The molecule has 3 rings (SSSR count). The van der Waals surface area contributed by atoms with Gasteiger partial charge in [0.15, 0.2) is 0 Å². The first-order valence-corrected chi connectivity index (χ1v) is 9.13. The Balaban J connectivity index is 0.000000212. The molecular formula is C24H28S. The van der Waals surface area contributed by atoms with E-state index in [0.717, 1.165) is 4.90 Å². The van der Waals surface area contributed by atoms with Crippen molar-refractivity contribution in [2.24, 2.45) is 0 Å². The van der Waals surface area contributed by atoms with Gasteiger partial charge in [-0.15, -0.1) is 12.6 Å². The predicted octanol–water partition coefficient (Wildman–Crippen LogP) is 7.18. The van der Waals surface area contributed by atoms with E-state index < -0.39 is 0 Å². The quantitative estimate of drug-likeness (QED) is 0.442. The van der Waals surface area contributed by atoms with Crippen molar-refractivity contribution in [3.05, 3.63) is 88.0 Å². The highest BCUT2D eigenvalue weighted by molar-refractivity contribution is 7.80. The number of thiol groups is 1. The van der Waals surface area contributed by atoms with Crippen molar-refractivity contribution in [1.82, 2.24) is 0 Å². The topological polar surface area (TPSA) is 0 Å². The van der Waals surface area contributed by atoms with Crippen LogP contribution in [-0.4, -0.2) is 0 Å². The molecule has 0 nitrogen and oxygen atoms in total. The van der Waals surface area contributed by atoms with Gasteiger partial charge in [0, 0.05) is 4.90 Å². The van der Waals surface area contributed by atoms with Crippen LogP contribution < -0.4 is 0 Å². The van der Waals surface area contributed by atoms with Crippen LogP contribution in [-0.2, 0) is 0 Å². The van der Waals surface area contributed by atoms with Crippen LogP contribution >= 0.6 is 12.6 Å². The van der Waals surface area contributed by atoms with Crippen LogP contribution in [0, 0.1) is 41.5 Å². The summed E-state index contributed by atoms with van der Waals surface area (Å²) < 4.78 is 0. The van der Waals surface area contributed by atoms with Crippen molar-refractivity contribution in [2.75, 3.05) is 0 Å². The molecule has 25 heavy (non-hydrogen) atoms. The van der Waals surface area contributed by atoms with Crippen molar-refractivity contribution >= 4 is 12.6 Å². The van der Waals surface area contributed by atoms with Crippen molar-refractivity contribution in [2.45, 2.75) is 46.4 Å². The third-order valence-electron chi connectivity index (χ3n) is 4.28. The maximum absolute atomic E-state index is 4.22. The van der Waals surface area contributed by atoms with Crippen molar-refractivity contribution < 1.29 is 0 Å². The number of hydrogen-bond acceptors (Lipinski definition) is 1. The molecule has 0 atom stereocenters. The maximum Gasteiger partial charge on any atom is 0.00452 e. The lowest BCUT2D eigenvalue weighted by Gasteiger charge is -2.11. The average molecular weight is 349 g/mol. The zero-order valence-corrected chi connectivity index (χ0v) is 17.0. The van der Waals surface area contributed by atoms with Gasteiger partial charge in [-0.3, -0.25) is 0 Å². The zero-order chi connectivity index (χ0) is 18.6. The summed E-state index contributed by atoms with van der Waals surface area (Å²) in [5.74, 6) is 0. The van der Waals surface area contributed by atoms with Gasteiger partial charge in [-0.1, -0.05) is 53.6 Å². The fourth-order valence-electron chi connectivity index (χ4n) is 3.00. The number of benzene rings is 3. The summed E-state index contributed by atoms with van der Waals surface area (Å²) in [6, 6.07) is 19.5. The minimum absolute atomic E-state index is 1.05. The smallest absolute Gasteiger partial charge is 0.00452 e. The lowest BCUT2D eigenvalue weighted by atomic mass is 9.94. The Hall–Kier alpha value is -1.99. The Morgan fingerprint density at radius 1 is 0.480 bits per heavy atom. The average Bonchev–Trinajstić information content (AvgIpc) is 2.51. The molecule has 0 aliphatic carbocycles. The summed E-state index contributed by atoms with van der Waals surface area (Å²) in [5.41, 5.74) is 10.6. The Kier molecular flexibility index (Phi) is 6.50. The zero-order valence-electron chi connectivity index (χ0n) is 16.1. The van der Waals surface area contributed by atoms with Gasteiger partial charge in [0.05, 0.1) is 0 Å². The largest absolute Gasteiger partial charge is 0.143 e. The van der Waals surface area contributed by atoms with Gasteiger partial charge in [-0.05, 0) is 87.1 Å². The van der Waals surface area contributed by atoms with Crippen LogP contribution in [0.3, 0.4) is 0 Å². The standard InChI is InChI=1S/C16H18.C8H10S/c1-11-5-7-13(3)15(9-11)16-10-12(2)6-8-14(16)4;1-6-3-7(2)5-8(9)4-6/h5-10H,1-4H3;3-5,9H,1-2H3. The van der Waals surface area contributed by atoms with Gasteiger partial charge in [0.25, 0.3) is 0 Å². The van der Waals surface area contributed by atoms with Crippen LogP contribution in [0.25, 0.3) is 11.1 Å². The molecule has 0 unspecified atom stereocenters. The molecule has 0 saturated carbocycles. The molecule has 0 radical (unpaired) electrons. The summed E-state index contributed by atoms with van der Waals surface area (Å²) in [7, 11) is 0. The summed E-state index contributed by atoms with van der Waals surface area (Å²) >= 11 is 4.22. The van der Waals surface area contributed by atoms with Gasteiger partial charge >= 0.3 is 0 Å². The first-order chi connectivity index (χ1) is 11.8. The summed E-state index contributed by atoms with van der Waals surface area (Å²) in [4.78, 5) is 1.05. The minimum Gasteiger partial charge on any atom is -0.143 e. The Morgan fingerprint density at radius 2 is 0.880 bits per heavy atom. The molecule has 0 aliphatic rings. The fraction of sp³-hybridized carbons (Fsp3) is 0.250. The molecule has 0 aromatic heterocycles. The molecular weight excluding hydrogens is 320 g/mol. The van der Waals surface area contributed by atoms with Crippen LogP contribution in [0.1, 0.15) is 33.4 Å². The molecule has 0 saturated heterocycles. The second-order valence-electron chi connectivity index (χ2n) is 6.98. The van der Waals surface area contributed by atoms with Crippen LogP contribution in [0.4, 0.5) is 0 Å². The highest BCUT2D eigenvalue weighted by Gasteiger charge is 2.05. The molecule has 0 aliphatic heterocycles. The van der Waals surface area contributed by atoms with E-state index in [1.165, 1.54) is 44.5 Å². The molecule has 130 valence electrons. The van der Waals surface area contributed by atoms with Gasteiger partial charge in [0.2, 0.25) is 0 Å². The highest BCUT2D eigenvalue weighted by Crippen LogP contribution is 2.28. The van der Waals surface area contributed by atoms with E-state index in [1.807, 2.05) is 0 Å². The third-order valence-corrected chi connectivity index (χ3v) is 4.54. The lowest BCUT2D eigenvalue weighted by Crippen LogP contribution is -1.89. The molecule has 0 bridgehead atoms. The van der Waals surface area contributed by atoms with Gasteiger partial charge in [-0.25, -0.2) is 0 Å². The second-order valence-corrected chi connectivity index (χ2v) is 7.50. The van der Waals surface area contributed by atoms with E-state index in [1.54, 1.807) is 0 Å². The van der Waals surface area contributed by atoms with E-state index in [0.29, 0.717) is 0 Å². The third kappa shape index (κ3) is 5.51. The van der Waals surface area contributed by atoms with Crippen molar-refractivity contribution in [3.8, 4) is 11.1 Å². The summed E-state index contributed by atoms with van der Waals surface area (Å²) in [5, 5.41) is 0. The van der Waals surface area contributed by atoms with E-state index in [2.05, 4.69) is 109 Å². The summed E-state index contributed by atoms with van der Waals surface area (Å²) in [6.45, 7) is 12.8. The van der Waals surface area contributed by atoms with E-state index in [9.17, 15) is 0 Å². The number of rotatable bonds is 1. The molecule has 0 heterocycles. The van der Waals surface area contributed by atoms with Crippen molar-refractivity contribution in [1.29, 1.82) is 0 Å². The van der Waals surface area contributed by atoms with E-state index in [-0.39, 0.29) is 0 Å². The molecule has 0 N–H and O–H groups in total. The normalized spacial score (nSPS) is 10.2. The molecule has 0 spiro atoms. The van der Waals surface area contributed by atoms with E-state index >= 15 is 0 Å². The molecule has 0 amide bonds. The fourth-order valence-corrected chi connectivity index (χ4v) is 3.41. The van der Waals surface area contributed by atoms with Crippen molar-refractivity contribution in [3.63, 3.8) is 0 Å². The summed E-state index contributed by atoms with van der Waals surface area (Å²) in [6.07, 6.45) is 0. The molecule has 3 aromatic rings. The Bertz CT molecular complexity index is 775. The van der Waals surface area contributed by atoms with Gasteiger partial charge < -0.3 is 0 Å². The van der Waals surface area contributed by atoms with Crippen LogP contribution in [0.5, 0.6) is 0 Å². The Labute approximate surface area is 158 Å². The first-order valence-electron chi connectivity index (χ1n) is 8.68. The van der Waals surface area contributed by atoms with E-state index in [4.69, 9.17) is 0 Å². The monoisotopic (exact) mass is 348 g/mol.